The van der Waals surface area contributed by atoms with E-state index in [-0.39, 0.29) is 6.54 Å². The van der Waals surface area contributed by atoms with Crippen molar-refractivity contribution in [2.75, 3.05) is 6.54 Å². The molecule has 7 heteroatoms. The first-order valence-electron chi connectivity index (χ1n) is 13.3. The van der Waals surface area contributed by atoms with E-state index in [1.165, 1.54) is 85.0 Å². The highest BCUT2D eigenvalue weighted by molar-refractivity contribution is 5.77. The molecule has 0 heterocycles. The van der Waals surface area contributed by atoms with Crippen LogP contribution in [0.2, 0.25) is 0 Å². The first-order valence-corrected chi connectivity index (χ1v) is 13.3. The molecule has 7 nitrogen and oxygen atoms in total. The van der Waals surface area contributed by atoms with Crippen molar-refractivity contribution in [3.8, 4) is 0 Å². The van der Waals surface area contributed by atoms with E-state index >= 15 is 0 Å². The Kier molecular flexibility index (Phi) is 17.4. The summed E-state index contributed by atoms with van der Waals surface area (Å²) in [6.07, 6.45) is 19.5. The van der Waals surface area contributed by atoms with Gasteiger partial charge in [-0.3, -0.25) is 4.48 Å². The van der Waals surface area contributed by atoms with Crippen molar-refractivity contribution in [3.05, 3.63) is 12.7 Å². The average molecular weight is 485 g/mol. The number of quaternary nitrogens is 1. The maximum absolute atomic E-state index is 11.8. The minimum Gasteiger partial charge on any atom is -0.477 e. The molecule has 0 rings (SSSR count). The lowest BCUT2D eigenvalue weighted by Crippen LogP contribution is -2.70. The number of unbranched alkanes of at least 4 members (excludes halogenated alkanes) is 14. The molecule has 0 fully saturated rings. The van der Waals surface area contributed by atoms with E-state index < -0.39 is 40.5 Å². The van der Waals surface area contributed by atoms with Crippen molar-refractivity contribution in [2.24, 2.45) is 0 Å². The Balaban J connectivity index is 4.29. The largest absolute Gasteiger partial charge is 0.477 e. The number of rotatable bonds is 23. The summed E-state index contributed by atoms with van der Waals surface area (Å²) in [6, 6.07) is -3.36. The minimum atomic E-state index is -1.17. The van der Waals surface area contributed by atoms with Gasteiger partial charge in [0.2, 0.25) is 0 Å². The first kappa shape index (κ1) is 32.1. The van der Waals surface area contributed by atoms with E-state index in [0.29, 0.717) is 6.42 Å². The molecule has 198 valence electrons. The van der Waals surface area contributed by atoms with Crippen molar-refractivity contribution >= 4 is 17.9 Å². The van der Waals surface area contributed by atoms with Gasteiger partial charge in [0.05, 0.1) is 6.54 Å². The van der Waals surface area contributed by atoms with Gasteiger partial charge in [-0.1, -0.05) is 76.7 Å². The van der Waals surface area contributed by atoms with Crippen LogP contribution in [-0.4, -0.2) is 62.4 Å². The molecule has 0 aromatic carbocycles. The fraction of sp³-hybridized carbons (Fsp3) is 0.815. The summed E-state index contributed by atoms with van der Waals surface area (Å²) in [5, 5.41) is 28.8. The number of nitrogens with zero attached hydrogens (tertiary/aromatic N) is 1. The lowest BCUT2D eigenvalue weighted by atomic mass is 9.99. The Morgan fingerprint density at radius 3 is 1.12 bits per heavy atom. The topological polar surface area (TPSA) is 112 Å². The second-order valence-corrected chi connectivity index (χ2v) is 9.79. The standard InChI is InChI=1S/C27H49NO6/c1-5-6-7-8-9-10-11-12-13-14-15-16-17-18-19-20-21-28(22(2)25(29)30,23(3)26(31)32)24(4)27(33)34/h5,22-24H,1,6-21H2,2-4H3,(H2-,29,30,31,32,33,34)/p+1. The molecule has 0 aliphatic heterocycles. The second kappa shape index (κ2) is 18.4. The highest BCUT2D eigenvalue weighted by Gasteiger charge is 2.52. The number of carboxylic acids is 3. The Bertz CT molecular complexity index is 556. The third-order valence-corrected chi connectivity index (χ3v) is 7.44. The van der Waals surface area contributed by atoms with E-state index in [1.807, 2.05) is 6.08 Å². The van der Waals surface area contributed by atoms with Crippen LogP contribution in [0.4, 0.5) is 0 Å². The van der Waals surface area contributed by atoms with Crippen molar-refractivity contribution in [3.63, 3.8) is 0 Å². The predicted molar refractivity (Wildman–Crippen MR) is 136 cm³/mol. The minimum absolute atomic E-state index is 0.224. The van der Waals surface area contributed by atoms with Crippen LogP contribution in [0, 0.1) is 0 Å². The van der Waals surface area contributed by atoms with Gasteiger partial charge in [-0.15, -0.1) is 6.58 Å². The summed E-state index contributed by atoms with van der Waals surface area (Å²) in [7, 11) is 0. The van der Waals surface area contributed by atoms with Crippen LogP contribution in [0.25, 0.3) is 0 Å². The van der Waals surface area contributed by atoms with Gasteiger partial charge in [0.1, 0.15) is 0 Å². The molecule has 3 atom stereocenters. The van der Waals surface area contributed by atoms with Gasteiger partial charge >= 0.3 is 17.9 Å². The normalized spacial score (nSPS) is 15.7. The fourth-order valence-corrected chi connectivity index (χ4v) is 5.00. The Morgan fingerprint density at radius 1 is 0.588 bits per heavy atom. The molecule has 0 amide bonds. The van der Waals surface area contributed by atoms with Crippen LogP contribution < -0.4 is 0 Å². The monoisotopic (exact) mass is 484 g/mol. The number of carbonyl (C=O) groups is 3. The molecule has 0 aromatic rings. The van der Waals surface area contributed by atoms with Gasteiger partial charge in [-0.2, -0.15) is 0 Å². The summed E-state index contributed by atoms with van der Waals surface area (Å²) in [6.45, 7) is 8.24. The molecular formula is C27H50NO6+. The molecule has 0 spiro atoms. The molecule has 0 radical (unpaired) electrons. The highest BCUT2D eigenvalue weighted by Crippen LogP contribution is 2.27. The van der Waals surface area contributed by atoms with Gasteiger partial charge in [0, 0.05) is 0 Å². The lowest BCUT2D eigenvalue weighted by molar-refractivity contribution is -0.968. The molecule has 34 heavy (non-hydrogen) atoms. The number of hydrogen-bond donors (Lipinski definition) is 3. The quantitative estimate of drug-likeness (QED) is 0.0896. The van der Waals surface area contributed by atoms with Gasteiger partial charge < -0.3 is 15.3 Å². The summed E-state index contributed by atoms with van der Waals surface area (Å²) in [5.41, 5.74) is 0. The van der Waals surface area contributed by atoms with Crippen LogP contribution >= 0.6 is 0 Å². The SMILES string of the molecule is C=CCCCCCCCCCCCCCCCC[N+](C(C)C(=O)O)(C(C)C(=O)O)C(C)C(=O)O. The number of allylic oxidation sites excluding steroid dienone is 1. The van der Waals surface area contributed by atoms with Crippen molar-refractivity contribution < 1.29 is 34.2 Å². The highest BCUT2D eigenvalue weighted by atomic mass is 16.4. The Hall–Kier alpha value is -1.89. The van der Waals surface area contributed by atoms with Crippen LogP contribution in [-0.2, 0) is 14.4 Å². The number of aliphatic carboxylic acids is 3. The zero-order chi connectivity index (χ0) is 26.0. The van der Waals surface area contributed by atoms with Gasteiger partial charge in [0.25, 0.3) is 0 Å². The van der Waals surface area contributed by atoms with Crippen LogP contribution in [0.3, 0.4) is 0 Å². The molecule has 3 unspecified atom stereocenters. The molecule has 3 N–H and O–H groups in total. The molecule has 0 saturated heterocycles. The lowest BCUT2D eigenvalue weighted by Gasteiger charge is -2.47. The van der Waals surface area contributed by atoms with E-state index in [9.17, 15) is 29.7 Å². The fourth-order valence-electron chi connectivity index (χ4n) is 5.00. The van der Waals surface area contributed by atoms with Crippen molar-refractivity contribution in [2.45, 2.75) is 135 Å². The third kappa shape index (κ3) is 11.5. The zero-order valence-electron chi connectivity index (χ0n) is 21.8. The molecular weight excluding hydrogens is 434 g/mol. The summed E-state index contributed by atoms with van der Waals surface area (Å²) >= 11 is 0. The van der Waals surface area contributed by atoms with Gasteiger partial charge in [0.15, 0.2) is 18.1 Å². The third-order valence-electron chi connectivity index (χ3n) is 7.44. The number of hydrogen-bond acceptors (Lipinski definition) is 3. The van der Waals surface area contributed by atoms with Crippen LogP contribution in [0.5, 0.6) is 0 Å². The maximum Gasteiger partial charge on any atom is 0.362 e. The summed E-state index contributed by atoms with van der Waals surface area (Å²) < 4.78 is -0.478. The smallest absolute Gasteiger partial charge is 0.362 e. The predicted octanol–water partition coefficient (Wildman–Crippen LogP) is 6.26. The van der Waals surface area contributed by atoms with E-state index in [4.69, 9.17) is 0 Å². The van der Waals surface area contributed by atoms with Crippen molar-refractivity contribution in [1.82, 2.24) is 0 Å². The zero-order valence-corrected chi connectivity index (χ0v) is 21.8. The second-order valence-electron chi connectivity index (χ2n) is 9.79. The summed E-state index contributed by atoms with van der Waals surface area (Å²) in [4.78, 5) is 35.3. The Labute approximate surface area is 206 Å². The van der Waals surface area contributed by atoms with Gasteiger partial charge in [-0.25, -0.2) is 14.4 Å². The molecule has 0 saturated carbocycles. The Morgan fingerprint density at radius 2 is 0.853 bits per heavy atom. The van der Waals surface area contributed by atoms with E-state index in [2.05, 4.69) is 6.58 Å². The van der Waals surface area contributed by atoms with Crippen LogP contribution in [0.15, 0.2) is 12.7 Å². The maximum atomic E-state index is 11.8. The van der Waals surface area contributed by atoms with E-state index in [1.54, 1.807) is 0 Å². The van der Waals surface area contributed by atoms with E-state index in [0.717, 1.165) is 25.7 Å². The molecule has 0 aliphatic carbocycles. The summed E-state index contributed by atoms with van der Waals surface area (Å²) in [5.74, 6) is -3.52. The number of carboxylic acid groups (broad SMARTS) is 3. The molecule has 0 aromatic heterocycles. The molecule has 0 bridgehead atoms. The van der Waals surface area contributed by atoms with Crippen LogP contribution in [0.1, 0.15) is 117 Å². The first-order chi connectivity index (χ1) is 16.1. The molecule has 0 aliphatic rings. The average Bonchev–Trinajstić information content (AvgIpc) is 2.80. The van der Waals surface area contributed by atoms with Crippen molar-refractivity contribution in [1.29, 1.82) is 0 Å². The van der Waals surface area contributed by atoms with Gasteiger partial charge in [-0.05, 0) is 46.5 Å².